The molecule has 2 aliphatic rings. The van der Waals surface area contributed by atoms with Crippen LogP contribution >= 0.6 is 24.0 Å². The van der Waals surface area contributed by atoms with Crippen molar-refractivity contribution in [1.82, 2.24) is 15.2 Å². The minimum Gasteiger partial charge on any atom is -0.376 e. The molecule has 2 fully saturated rings. The average Bonchev–Trinajstić information content (AvgIpc) is 3.48. The first-order chi connectivity index (χ1) is 14.8. The van der Waals surface area contributed by atoms with Gasteiger partial charge >= 0.3 is 0 Å². The number of hydrogen-bond acceptors (Lipinski definition) is 4. The summed E-state index contributed by atoms with van der Waals surface area (Å²) in [5.41, 5.74) is 2.41. The molecule has 0 bridgehead atoms. The molecule has 0 radical (unpaired) electrons. The molecule has 1 aromatic carbocycles. The van der Waals surface area contributed by atoms with E-state index >= 15 is 0 Å². The Morgan fingerprint density at radius 2 is 1.90 bits per heavy atom. The Bertz CT molecular complexity index is 808. The second kappa shape index (κ2) is 12.2. The molecule has 1 aromatic heterocycles. The van der Waals surface area contributed by atoms with Gasteiger partial charge in [0.15, 0.2) is 5.96 Å². The molecular formula is C24H34IN5O. The minimum atomic E-state index is 0. The SMILES string of the molecule is CN=C(NCc1ccc(N2CCCC2)nc1)N1CCC(COCc2ccccc2)C1.I. The van der Waals surface area contributed by atoms with E-state index in [1.807, 2.05) is 19.3 Å². The summed E-state index contributed by atoms with van der Waals surface area (Å²) < 4.78 is 5.95. The molecule has 2 aliphatic heterocycles. The van der Waals surface area contributed by atoms with Gasteiger partial charge in [-0.2, -0.15) is 0 Å². The Morgan fingerprint density at radius 1 is 1.10 bits per heavy atom. The number of pyridine rings is 1. The van der Waals surface area contributed by atoms with Crippen LogP contribution in [0.1, 0.15) is 30.4 Å². The summed E-state index contributed by atoms with van der Waals surface area (Å²) >= 11 is 0. The molecule has 2 saturated heterocycles. The summed E-state index contributed by atoms with van der Waals surface area (Å²) in [7, 11) is 1.86. The van der Waals surface area contributed by atoms with E-state index in [9.17, 15) is 0 Å². The lowest BCUT2D eigenvalue weighted by Crippen LogP contribution is -2.39. The van der Waals surface area contributed by atoms with Crippen molar-refractivity contribution in [1.29, 1.82) is 0 Å². The first-order valence-electron chi connectivity index (χ1n) is 11.1. The quantitative estimate of drug-likeness (QED) is 0.331. The third kappa shape index (κ3) is 6.80. The van der Waals surface area contributed by atoms with Crippen molar-refractivity contribution < 1.29 is 4.74 Å². The summed E-state index contributed by atoms with van der Waals surface area (Å²) in [5.74, 6) is 2.61. The van der Waals surface area contributed by atoms with Crippen LogP contribution in [0.2, 0.25) is 0 Å². The Hall–Kier alpha value is -1.87. The number of nitrogens with one attached hydrogen (secondary N) is 1. The standard InChI is InChI=1S/C24H33N5O.HI/c1-25-24(27-16-21-9-10-23(26-15-21)28-12-5-6-13-28)29-14-11-22(17-29)19-30-18-20-7-3-2-4-8-20;/h2-4,7-10,15,22H,5-6,11-14,16-19H2,1H3,(H,25,27);1H. The molecule has 3 heterocycles. The molecule has 0 saturated carbocycles. The number of aliphatic imine (C=N–C) groups is 1. The summed E-state index contributed by atoms with van der Waals surface area (Å²) in [6.45, 7) is 6.48. The Labute approximate surface area is 203 Å². The van der Waals surface area contributed by atoms with Gasteiger partial charge < -0.3 is 19.9 Å². The lowest BCUT2D eigenvalue weighted by molar-refractivity contribution is 0.0906. The summed E-state index contributed by atoms with van der Waals surface area (Å²) in [5, 5.41) is 3.50. The fourth-order valence-electron chi connectivity index (χ4n) is 4.25. The molecule has 6 nitrogen and oxygen atoms in total. The number of rotatable bonds is 7. The van der Waals surface area contributed by atoms with E-state index in [2.05, 4.69) is 61.5 Å². The van der Waals surface area contributed by atoms with Crippen molar-refractivity contribution in [2.75, 3.05) is 44.7 Å². The van der Waals surface area contributed by atoms with Gasteiger partial charge in [0.2, 0.25) is 0 Å². The molecule has 31 heavy (non-hydrogen) atoms. The zero-order chi connectivity index (χ0) is 20.6. The highest BCUT2D eigenvalue weighted by molar-refractivity contribution is 14.0. The lowest BCUT2D eigenvalue weighted by Gasteiger charge is -2.22. The molecule has 0 spiro atoms. The number of ether oxygens (including phenoxy) is 1. The maximum atomic E-state index is 5.95. The Morgan fingerprint density at radius 3 is 2.61 bits per heavy atom. The lowest BCUT2D eigenvalue weighted by atomic mass is 10.1. The third-order valence-electron chi connectivity index (χ3n) is 5.95. The summed E-state index contributed by atoms with van der Waals surface area (Å²) in [6, 6.07) is 14.7. The summed E-state index contributed by atoms with van der Waals surface area (Å²) in [6.07, 6.45) is 5.67. The van der Waals surface area contributed by atoms with E-state index in [1.54, 1.807) is 0 Å². The number of halogens is 1. The van der Waals surface area contributed by atoms with Crippen LogP contribution in [0.4, 0.5) is 5.82 Å². The van der Waals surface area contributed by atoms with Gasteiger partial charge in [0.05, 0.1) is 13.2 Å². The van der Waals surface area contributed by atoms with Gasteiger partial charge in [-0.25, -0.2) is 4.98 Å². The zero-order valence-corrected chi connectivity index (χ0v) is 20.7. The van der Waals surface area contributed by atoms with Crippen molar-refractivity contribution >= 4 is 35.8 Å². The number of anilines is 1. The normalized spacial score (nSPS) is 18.9. The van der Waals surface area contributed by atoms with Crippen LogP contribution in [0.5, 0.6) is 0 Å². The molecule has 7 heteroatoms. The van der Waals surface area contributed by atoms with E-state index < -0.39 is 0 Å². The van der Waals surface area contributed by atoms with Gasteiger partial charge in [-0.05, 0) is 36.5 Å². The van der Waals surface area contributed by atoms with Crippen LogP contribution in [-0.2, 0) is 17.9 Å². The smallest absolute Gasteiger partial charge is 0.193 e. The van der Waals surface area contributed by atoms with Crippen LogP contribution < -0.4 is 10.2 Å². The van der Waals surface area contributed by atoms with Crippen LogP contribution in [0.15, 0.2) is 53.7 Å². The third-order valence-corrected chi connectivity index (χ3v) is 5.95. The Kier molecular flexibility index (Phi) is 9.39. The largest absolute Gasteiger partial charge is 0.376 e. The summed E-state index contributed by atoms with van der Waals surface area (Å²) in [4.78, 5) is 13.8. The minimum absolute atomic E-state index is 0. The molecule has 0 aliphatic carbocycles. The predicted octanol–water partition coefficient (Wildman–Crippen LogP) is 3.91. The van der Waals surface area contributed by atoms with Gasteiger partial charge in [0, 0.05) is 51.9 Å². The van der Waals surface area contributed by atoms with Crippen LogP contribution in [0.3, 0.4) is 0 Å². The number of benzene rings is 1. The number of likely N-dealkylation sites (tertiary alicyclic amines) is 1. The first kappa shape index (κ1) is 23.8. The monoisotopic (exact) mass is 535 g/mol. The second-order valence-electron chi connectivity index (χ2n) is 8.22. The van der Waals surface area contributed by atoms with Gasteiger partial charge in [-0.1, -0.05) is 36.4 Å². The van der Waals surface area contributed by atoms with Crippen LogP contribution in [-0.4, -0.2) is 55.7 Å². The van der Waals surface area contributed by atoms with Crippen molar-refractivity contribution in [3.8, 4) is 0 Å². The number of guanidine groups is 1. The molecule has 2 aromatic rings. The van der Waals surface area contributed by atoms with Gasteiger partial charge in [0.1, 0.15) is 5.82 Å². The fourth-order valence-corrected chi connectivity index (χ4v) is 4.25. The number of nitrogens with zero attached hydrogens (tertiary/aromatic N) is 4. The van der Waals surface area contributed by atoms with E-state index in [0.29, 0.717) is 12.5 Å². The maximum absolute atomic E-state index is 5.95. The molecule has 1 N–H and O–H groups in total. The Balaban J connectivity index is 0.00000272. The van der Waals surface area contributed by atoms with Crippen molar-refractivity contribution in [2.24, 2.45) is 10.9 Å². The topological polar surface area (TPSA) is 53.0 Å². The number of hydrogen-bond donors (Lipinski definition) is 1. The van der Waals surface area contributed by atoms with Crippen LogP contribution in [0.25, 0.3) is 0 Å². The van der Waals surface area contributed by atoms with Gasteiger partial charge in [-0.3, -0.25) is 4.99 Å². The molecule has 168 valence electrons. The average molecular weight is 535 g/mol. The molecular weight excluding hydrogens is 501 g/mol. The van der Waals surface area contributed by atoms with E-state index in [-0.39, 0.29) is 24.0 Å². The second-order valence-corrected chi connectivity index (χ2v) is 8.22. The first-order valence-corrected chi connectivity index (χ1v) is 11.1. The highest BCUT2D eigenvalue weighted by atomic mass is 127. The highest BCUT2D eigenvalue weighted by Crippen LogP contribution is 2.19. The van der Waals surface area contributed by atoms with Gasteiger partial charge in [0.25, 0.3) is 0 Å². The predicted molar refractivity (Wildman–Crippen MR) is 137 cm³/mol. The maximum Gasteiger partial charge on any atom is 0.193 e. The molecule has 1 unspecified atom stereocenters. The van der Waals surface area contributed by atoms with Crippen molar-refractivity contribution in [3.63, 3.8) is 0 Å². The molecule has 1 atom stereocenters. The zero-order valence-electron chi connectivity index (χ0n) is 18.4. The van der Waals surface area contributed by atoms with E-state index in [0.717, 1.165) is 57.5 Å². The van der Waals surface area contributed by atoms with E-state index in [1.165, 1.54) is 24.0 Å². The van der Waals surface area contributed by atoms with Crippen molar-refractivity contribution in [2.45, 2.75) is 32.4 Å². The van der Waals surface area contributed by atoms with Crippen molar-refractivity contribution in [3.05, 3.63) is 59.8 Å². The fraction of sp³-hybridized carbons (Fsp3) is 0.500. The molecule has 0 amide bonds. The van der Waals surface area contributed by atoms with Gasteiger partial charge in [-0.15, -0.1) is 24.0 Å². The van der Waals surface area contributed by atoms with Crippen LogP contribution in [0, 0.1) is 5.92 Å². The highest BCUT2D eigenvalue weighted by Gasteiger charge is 2.25. The number of aromatic nitrogens is 1. The molecule has 4 rings (SSSR count). The van der Waals surface area contributed by atoms with E-state index in [4.69, 9.17) is 4.74 Å².